The number of aliphatic hydroxyl groups excluding tert-OH is 1. The van der Waals surface area contributed by atoms with Crippen LogP contribution in [0.15, 0.2) is 24.4 Å². The summed E-state index contributed by atoms with van der Waals surface area (Å²) in [6.45, 7) is 3.96. The average molecular weight is 402 g/mol. The third kappa shape index (κ3) is 4.97. The molecule has 6 nitrogen and oxygen atoms in total. The fourth-order valence-corrected chi connectivity index (χ4v) is 4.27. The summed E-state index contributed by atoms with van der Waals surface area (Å²) >= 11 is 1.39. The number of aromatic nitrogens is 1. The molecule has 0 unspecified atom stereocenters. The topological polar surface area (TPSA) is 91.3 Å². The number of rotatable bonds is 6. The SMILES string of the molecule is CCCc1ncc(C(=O)Nc2cc(C(=O)N[C@H]3CCCC[C@@H]3O)ccc2C)s1. The Labute approximate surface area is 169 Å². The summed E-state index contributed by atoms with van der Waals surface area (Å²) < 4.78 is 0. The molecule has 1 aromatic heterocycles. The van der Waals surface area contributed by atoms with Gasteiger partial charge >= 0.3 is 0 Å². The lowest BCUT2D eigenvalue weighted by atomic mass is 9.92. The minimum atomic E-state index is -0.494. The van der Waals surface area contributed by atoms with Crippen LogP contribution in [0.3, 0.4) is 0 Å². The summed E-state index contributed by atoms with van der Waals surface area (Å²) in [5.74, 6) is -0.451. The predicted octanol–water partition coefficient (Wildman–Crippen LogP) is 3.69. The van der Waals surface area contributed by atoms with Crippen molar-refractivity contribution in [3.05, 3.63) is 45.4 Å². The van der Waals surface area contributed by atoms with Gasteiger partial charge in [0.05, 0.1) is 23.4 Å². The quantitative estimate of drug-likeness (QED) is 0.688. The number of aliphatic hydroxyl groups is 1. The van der Waals surface area contributed by atoms with E-state index in [0.717, 1.165) is 49.1 Å². The first-order chi connectivity index (χ1) is 13.5. The monoisotopic (exact) mass is 401 g/mol. The van der Waals surface area contributed by atoms with E-state index < -0.39 is 6.10 Å². The van der Waals surface area contributed by atoms with Crippen molar-refractivity contribution in [2.75, 3.05) is 5.32 Å². The highest BCUT2D eigenvalue weighted by Crippen LogP contribution is 2.22. The highest BCUT2D eigenvalue weighted by Gasteiger charge is 2.25. The molecule has 1 aromatic carbocycles. The molecule has 3 N–H and O–H groups in total. The lowest BCUT2D eigenvalue weighted by molar-refractivity contribution is 0.0717. The Morgan fingerprint density at radius 3 is 2.79 bits per heavy atom. The van der Waals surface area contributed by atoms with E-state index in [1.165, 1.54) is 11.3 Å². The summed E-state index contributed by atoms with van der Waals surface area (Å²) in [6.07, 6.45) is 6.45. The Kier molecular flexibility index (Phi) is 6.80. The lowest BCUT2D eigenvalue weighted by Crippen LogP contribution is -2.45. The number of carbonyl (C=O) groups excluding carboxylic acids is 2. The fourth-order valence-electron chi connectivity index (χ4n) is 3.36. The van der Waals surface area contributed by atoms with Gasteiger partial charge in [0.25, 0.3) is 11.8 Å². The molecule has 2 amide bonds. The predicted molar refractivity (Wildman–Crippen MR) is 111 cm³/mol. The molecule has 0 saturated heterocycles. The largest absolute Gasteiger partial charge is 0.391 e. The van der Waals surface area contributed by atoms with Crippen molar-refractivity contribution in [3.63, 3.8) is 0 Å². The third-order valence-corrected chi connectivity index (χ3v) is 6.09. The molecule has 0 aliphatic heterocycles. The summed E-state index contributed by atoms with van der Waals surface area (Å²) in [4.78, 5) is 30.0. The van der Waals surface area contributed by atoms with Crippen LogP contribution < -0.4 is 10.6 Å². The minimum absolute atomic E-state index is 0.213. The number of anilines is 1. The minimum Gasteiger partial charge on any atom is -0.391 e. The number of nitrogens with one attached hydrogen (secondary N) is 2. The number of aryl methyl sites for hydroxylation is 2. The van der Waals surface area contributed by atoms with Gasteiger partial charge in [0.15, 0.2) is 0 Å². The Balaban J connectivity index is 1.69. The first kappa shape index (κ1) is 20.5. The molecule has 2 atom stereocenters. The summed E-state index contributed by atoms with van der Waals surface area (Å²) in [6, 6.07) is 5.03. The molecule has 3 rings (SSSR count). The van der Waals surface area contributed by atoms with Crippen molar-refractivity contribution in [1.29, 1.82) is 0 Å². The number of amides is 2. The average Bonchev–Trinajstić information content (AvgIpc) is 3.14. The van der Waals surface area contributed by atoms with E-state index in [0.29, 0.717) is 16.1 Å². The van der Waals surface area contributed by atoms with Crippen LogP contribution in [-0.4, -0.2) is 34.1 Å². The molecule has 1 aliphatic carbocycles. The molecular weight excluding hydrogens is 374 g/mol. The molecule has 1 fully saturated rings. The van der Waals surface area contributed by atoms with E-state index in [4.69, 9.17) is 0 Å². The molecule has 28 heavy (non-hydrogen) atoms. The second kappa shape index (κ2) is 9.30. The number of benzene rings is 1. The van der Waals surface area contributed by atoms with Gasteiger partial charge in [-0.2, -0.15) is 0 Å². The van der Waals surface area contributed by atoms with Gasteiger partial charge < -0.3 is 15.7 Å². The first-order valence-corrected chi connectivity index (χ1v) is 10.6. The highest BCUT2D eigenvalue weighted by atomic mass is 32.1. The third-order valence-electron chi connectivity index (χ3n) is 5.04. The van der Waals surface area contributed by atoms with Gasteiger partial charge in [0, 0.05) is 11.3 Å². The molecule has 1 saturated carbocycles. The van der Waals surface area contributed by atoms with Crippen LogP contribution in [0.4, 0.5) is 5.69 Å². The van der Waals surface area contributed by atoms with E-state index in [9.17, 15) is 14.7 Å². The zero-order valence-corrected chi connectivity index (χ0v) is 17.1. The van der Waals surface area contributed by atoms with Crippen LogP contribution >= 0.6 is 11.3 Å². The summed E-state index contributed by atoms with van der Waals surface area (Å²) in [5, 5.41) is 16.8. The van der Waals surface area contributed by atoms with Gasteiger partial charge in [0.1, 0.15) is 4.88 Å². The second-order valence-electron chi connectivity index (χ2n) is 7.28. The van der Waals surface area contributed by atoms with E-state index in [-0.39, 0.29) is 17.9 Å². The van der Waals surface area contributed by atoms with Gasteiger partial charge in [-0.15, -0.1) is 11.3 Å². The summed E-state index contributed by atoms with van der Waals surface area (Å²) in [5.41, 5.74) is 1.95. The van der Waals surface area contributed by atoms with E-state index in [2.05, 4.69) is 22.5 Å². The maximum atomic E-state index is 12.6. The van der Waals surface area contributed by atoms with Crippen LogP contribution in [0.25, 0.3) is 0 Å². The fraction of sp³-hybridized carbons (Fsp3) is 0.476. The van der Waals surface area contributed by atoms with Gasteiger partial charge in [-0.05, 0) is 50.3 Å². The van der Waals surface area contributed by atoms with Crippen molar-refractivity contribution < 1.29 is 14.7 Å². The molecule has 2 aromatic rings. The van der Waals surface area contributed by atoms with Crippen LogP contribution in [-0.2, 0) is 6.42 Å². The number of hydrogen-bond donors (Lipinski definition) is 3. The first-order valence-electron chi connectivity index (χ1n) is 9.83. The van der Waals surface area contributed by atoms with Crippen molar-refractivity contribution in [2.24, 2.45) is 0 Å². The molecule has 0 spiro atoms. The molecule has 150 valence electrons. The van der Waals surface area contributed by atoms with Crippen LogP contribution in [0.5, 0.6) is 0 Å². The van der Waals surface area contributed by atoms with Gasteiger partial charge in [0.2, 0.25) is 0 Å². The zero-order chi connectivity index (χ0) is 20.1. The van der Waals surface area contributed by atoms with Crippen molar-refractivity contribution in [3.8, 4) is 0 Å². The molecule has 1 heterocycles. The molecule has 0 bridgehead atoms. The van der Waals surface area contributed by atoms with Crippen LogP contribution in [0.1, 0.15) is 69.6 Å². The Morgan fingerprint density at radius 2 is 2.04 bits per heavy atom. The number of carbonyl (C=O) groups is 2. The van der Waals surface area contributed by atoms with Crippen LogP contribution in [0.2, 0.25) is 0 Å². The van der Waals surface area contributed by atoms with E-state index >= 15 is 0 Å². The van der Waals surface area contributed by atoms with Gasteiger partial charge in [-0.25, -0.2) is 4.98 Å². The van der Waals surface area contributed by atoms with Crippen molar-refractivity contribution in [1.82, 2.24) is 10.3 Å². The highest BCUT2D eigenvalue weighted by molar-refractivity contribution is 7.13. The second-order valence-corrected chi connectivity index (χ2v) is 8.40. The van der Waals surface area contributed by atoms with E-state index in [1.807, 2.05) is 13.0 Å². The number of hydrogen-bond acceptors (Lipinski definition) is 5. The van der Waals surface area contributed by atoms with Crippen molar-refractivity contribution >= 4 is 28.8 Å². The van der Waals surface area contributed by atoms with Crippen molar-refractivity contribution in [2.45, 2.75) is 64.5 Å². The molecule has 0 radical (unpaired) electrons. The Morgan fingerprint density at radius 1 is 1.25 bits per heavy atom. The summed E-state index contributed by atoms with van der Waals surface area (Å²) in [7, 11) is 0. The lowest BCUT2D eigenvalue weighted by Gasteiger charge is -2.28. The normalized spacial score (nSPS) is 19.2. The molecule has 1 aliphatic rings. The maximum Gasteiger partial charge on any atom is 0.267 e. The zero-order valence-electron chi connectivity index (χ0n) is 16.3. The smallest absolute Gasteiger partial charge is 0.267 e. The van der Waals surface area contributed by atoms with Gasteiger partial charge in [-0.1, -0.05) is 25.8 Å². The Bertz CT molecular complexity index is 849. The maximum absolute atomic E-state index is 12.6. The molecule has 7 heteroatoms. The van der Waals surface area contributed by atoms with E-state index in [1.54, 1.807) is 18.3 Å². The Hall–Kier alpha value is -2.25. The number of thiazole rings is 1. The number of nitrogens with zero attached hydrogens (tertiary/aromatic N) is 1. The van der Waals surface area contributed by atoms with Gasteiger partial charge in [-0.3, -0.25) is 9.59 Å². The molecular formula is C21H27N3O3S. The van der Waals surface area contributed by atoms with Crippen LogP contribution in [0, 0.1) is 6.92 Å². The standard InChI is InChI=1S/C21H27N3O3S/c1-3-6-19-22-12-18(28-19)21(27)24-16-11-14(10-9-13(16)2)20(26)23-15-7-4-5-8-17(15)25/h9-12,15,17,25H,3-8H2,1-2H3,(H,23,26)(H,24,27)/t15-,17-/m0/s1.